The van der Waals surface area contributed by atoms with Crippen molar-refractivity contribution >= 4 is 0 Å². The van der Waals surface area contributed by atoms with Gasteiger partial charge in [-0.3, -0.25) is 0 Å². The molecule has 0 saturated heterocycles. The zero-order valence-corrected chi connectivity index (χ0v) is 6.30. The third-order valence-corrected chi connectivity index (χ3v) is 1.52. The molecule has 0 rings (SSSR count). The molecule has 0 aromatic heterocycles. The fourth-order valence-electron chi connectivity index (χ4n) is 0.858. The molecule has 0 heterocycles. The van der Waals surface area contributed by atoms with Crippen LogP contribution in [0.2, 0.25) is 0 Å². The molecule has 0 aromatic rings. The predicted octanol–water partition coefficient (Wildman–Crippen LogP) is 0.600. The molecule has 0 fully saturated rings. The van der Waals surface area contributed by atoms with Gasteiger partial charge in [-0.25, -0.2) is 0 Å². The van der Waals surface area contributed by atoms with Crippen LogP contribution in [0.25, 0.3) is 0 Å². The van der Waals surface area contributed by atoms with E-state index in [1.165, 1.54) is 0 Å². The molecule has 0 spiro atoms. The first-order valence-corrected chi connectivity index (χ1v) is 3.51. The molecule has 0 amide bonds. The average molecular weight is 131 g/mol. The van der Waals surface area contributed by atoms with E-state index in [0.717, 1.165) is 13.0 Å². The molecule has 0 saturated carbocycles. The Labute approximate surface area is 57.1 Å². The second-order valence-electron chi connectivity index (χ2n) is 2.86. The summed E-state index contributed by atoms with van der Waals surface area (Å²) in [7, 11) is 0. The highest BCUT2D eigenvalue weighted by atomic mass is 16.3. The van der Waals surface area contributed by atoms with Gasteiger partial charge in [0.05, 0.1) is 0 Å². The van der Waals surface area contributed by atoms with Crippen LogP contribution in [0.5, 0.6) is 0 Å². The Balaban J connectivity index is 3.22. The minimum atomic E-state index is 0.282. The molecule has 2 atom stereocenters. The molecule has 0 aromatic carbocycles. The number of hydrogen-bond donors (Lipinski definition) is 2. The van der Waals surface area contributed by atoms with E-state index < -0.39 is 0 Å². The Hall–Kier alpha value is -0.0800. The lowest BCUT2D eigenvalue weighted by molar-refractivity contribution is 0.216. The van der Waals surface area contributed by atoms with Crippen LogP contribution in [-0.2, 0) is 0 Å². The summed E-state index contributed by atoms with van der Waals surface area (Å²) >= 11 is 0. The zero-order chi connectivity index (χ0) is 7.28. The molecule has 0 bridgehead atoms. The molecule has 0 aliphatic heterocycles. The van der Waals surface area contributed by atoms with Crippen LogP contribution < -0.4 is 5.73 Å². The molecule has 3 N–H and O–H groups in total. The molecule has 2 unspecified atom stereocenters. The topological polar surface area (TPSA) is 46.2 Å². The Bertz CT molecular complexity index is 57.9. The van der Waals surface area contributed by atoms with Crippen molar-refractivity contribution in [2.24, 2.45) is 17.6 Å². The summed E-state index contributed by atoms with van der Waals surface area (Å²) in [5.41, 5.74) is 5.39. The van der Waals surface area contributed by atoms with E-state index in [2.05, 4.69) is 6.92 Å². The van der Waals surface area contributed by atoms with Gasteiger partial charge in [0, 0.05) is 6.61 Å². The first-order chi connectivity index (χ1) is 4.20. The van der Waals surface area contributed by atoms with Crippen LogP contribution in [0.3, 0.4) is 0 Å². The van der Waals surface area contributed by atoms with Gasteiger partial charge >= 0.3 is 0 Å². The summed E-state index contributed by atoms with van der Waals surface area (Å²) < 4.78 is 0. The first-order valence-electron chi connectivity index (χ1n) is 3.51. The van der Waals surface area contributed by atoms with E-state index in [0.29, 0.717) is 11.8 Å². The molecule has 2 nitrogen and oxygen atoms in total. The van der Waals surface area contributed by atoms with Crippen LogP contribution >= 0.6 is 0 Å². The number of aliphatic hydroxyl groups excluding tert-OH is 1. The molecule has 0 aliphatic carbocycles. The summed E-state index contributed by atoms with van der Waals surface area (Å²) in [6.07, 6.45) is 1.03. The third kappa shape index (κ3) is 4.43. The fourth-order valence-corrected chi connectivity index (χ4v) is 0.858. The monoisotopic (exact) mass is 131 g/mol. The SMILES string of the molecule is CC(CN)CC(C)CO. The van der Waals surface area contributed by atoms with Gasteiger partial charge in [0.2, 0.25) is 0 Å². The van der Waals surface area contributed by atoms with Crippen molar-refractivity contribution in [3.05, 3.63) is 0 Å². The quantitative estimate of drug-likeness (QED) is 0.587. The van der Waals surface area contributed by atoms with Crippen LogP contribution in [0.15, 0.2) is 0 Å². The third-order valence-electron chi connectivity index (χ3n) is 1.52. The van der Waals surface area contributed by atoms with E-state index in [1.807, 2.05) is 6.92 Å². The molecular formula is C7H17NO. The van der Waals surface area contributed by atoms with E-state index in [-0.39, 0.29) is 6.61 Å². The van der Waals surface area contributed by atoms with Crippen molar-refractivity contribution in [3.63, 3.8) is 0 Å². The molecule has 0 radical (unpaired) electrons. The number of aliphatic hydroxyl groups is 1. The lowest BCUT2D eigenvalue weighted by Gasteiger charge is -2.12. The Kier molecular flexibility index (Phi) is 4.72. The Morgan fingerprint density at radius 3 is 2.22 bits per heavy atom. The lowest BCUT2D eigenvalue weighted by atomic mass is 9.98. The first kappa shape index (κ1) is 8.92. The smallest absolute Gasteiger partial charge is 0.0456 e. The minimum Gasteiger partial charge on any atom is -0.396 e. The minimum absolute atomic E-state index is 0.282. The van der Waals surface area contributed by atoms with Crippen LogP contribution in [0.1, 0.15) is 20.3 Å². The largest absolute Gasteiger partial charge is 0.396 e. The average Bonchev–Trinajstić information content (AvgIpc) is 1.87. The lowest BCUT2D eigenvalue weighted by Crippen LogP contribution is -2.15. The van der Waals surface area contributed by atoms with Crippen LogP contribution in [-0.4, -0.2) is 18.3 Å². The molecule has 9 heavy (non-hydrogen) atoms. The molecule has 56 valence electrons. The summed E-state index contributed by atoms with van der Waals surface area (Å²) in [4.78, 5) is 0. The van der Waals surface area contributed by atoms with Gasteiger partial charge in [-0.1, -0.05) is 13.8 Å². The van der Waals surface area contributed by atoms with Gasteiger partial charge in [-0.2, -0.15) is 0 Å². The number of rotatable bonds is 4. The van der Waals surface area contributed by atoms with Gasteiger partial charge in [0.15, 0.2) is 0 Å². The van der Waals surface area contributed by atoms with Crippen molar-refractivity contribution in [3.8, 4) is 0 Å². The summed E-state index contributed by atoms with van der Waals surface area (Å²) in [5.74, 6) is 0.954. The van der Waals surface area contributed by atoms with E-state index in [1.54, 1.807) is 0 Å². The Morgan fingerprint density at radius 2 is 1.89 bits per heavy atom. The highest BCUT2D eigenvalue weighted by molar-refractivity contribution is 4.57. The van der Waals surface area contributed by atoms with Gasteiger partial charge in [-0.05, 0) is 24.8 Å². The maximum atomic E-state index is 8.64. The summed E-state index contributed by atoms with van der Waals surface area (Å²) in [6, 6.07) is 0. The van der Waals surface area contributed by atoms with E-state index in [9.17, 15) is 0 Å². The van der Waals surface area contributed by atoms with Crippen molar-refractivity contribution in [1.29, 1.82) is 0 Å². The van der Waals surface area contributed by atoms with E-state index >= 15 is 0 Å². The van der Waals surface area contributed by atoms with Crippen molar-refractivity contribution < 1.29 is 5.11 Å². The summed E-state index contributed by atoms with van der Waals surface area (Å²) in [5, 5.41) is 8.64. The van der Waals surface area contributed by atoms with Gasteiger partial charge in [-0.15, -0.1) is 0 Å². The molecule has 2 heteroatoms. The van der Waals surface area contributed by atoms with Crippen molar-refractivity contribution in [1.82, 2.24) is 0 Å². The second kappa shape index (κ2) is 4.77. The fraction of sp³-hybridized carbons (Fsp3) is 1.00. The maximum absolute atomic E-state index is 8.64. The standard InChI is InChI=1S/C7H17NO/c1-6(4-8)3-7(2)5-9/h6-7,9H,3-5,8H2,1-2H3. The highest BCUT2D eigenvalue weighted by Crippen LogP contribution is 2.08. The molecular weight excluding hydrogens is 114 g/mol. The second-order valence-corrected chi connectivity index (χ2v) is 2.86. The van der Waals surface area contributed by atoms with Crippen molar-refractivity contribution in [2.75, 3.05) is 13.2 Å². The summed E-state index contributed by atoms with van der Waals surface area (Å²) in [6.45, 7) is 5.15. The van der Waals surface area contributed by atoms with Gasteiger partial charge < -0.3 is 10.8 Å². The number of hydrogen-bond acceptors (Lipinski definition) is 2. The van der Waals surface area contributed by atoms with Crippen molar-refractivity contribution in [2.45, 2.75) is 20.3 Å². The highest BCUT2D eigenvalue weighted by Gasteiger charge is 2.04. The molecule has 0 aliphatic rings. The van der Waals surface area contributed by atoms with Gasteiger partial charge in [0.1, 0.15) is 0 Å². The Morgan fingerprint density at radius 1 is 1.33 bits per heavy atom. The zero-order valence-electron chi connectivity index (χ0n) is 6.30. The van der Waals surface area contributed by atoms with Crippen LogP contribution in [0.4, 0.5) is 0 Å². The normalized spacial score (nSPS) is 17.3. The van der Waals surface area contributed by atoms with E-state index in [4.69, 9.17) is 10.8 Å². The predicted molar refractivity (Wildman–Crippen MR) is 39.1 cm³/mol. The number of nitrogens with two attached hydrogens (primary N) is 1. The maximum Gasteiger partial charge on any atom is 0.0456 e. The van der Waals surface area contributed by atoms with Gasteiger partial charge in [0.25, 0.3) is 0 Å². The van der Waals surface area contributed by atoms with Crippen LogP contribution in [0, 0.1) is 11.8 Å².